The topological polar surface area (TPSA) is 184 Å². The lowest BCUT2D eigenvalue weighted by atomic mass is 9.66. The number of imidazole rings is 1. The van der Waals surface area contributed by atoms with Gasteiger partial charge in [0.2, 0.25) is 5.95 Å². The van der Waals surface area contributed by atoms with Gasteiger partial charge < -0.3 is 24.7 Å². The molecular formula is C24H31N6O7P. The predicted octanol–water partition coefficient (Wildman–Crippen LogP) is 2.17. The van der Waals surface area contributed by atoms with Gasteiger partial charge in [0.15, 0.2) is 11.2 Å². The summed E-state index contributed by atoms with van der Waals surface area (Å²) in [6.07, 6.45) is 1.08. The number of hydrogen-bond acceptors (Lipinski definition) is 10. The van der Waals surface area contributed by atoms with Crippen molar-refractivity contribution in [3.8, 4) is 5.75 Å². The fourth-order valence-electron chi connectivity index (χ4n) is 4.37. The Morgan fingerprint density at radius 1 is 1.32 bits per heavy atom. The Kier molecular flexibility index (Phi) is 8.02. The number of H-pyrrole nitrogens is 1. The molecule has 5 N–H and O–H groups in total. The first-order chi connectivity index (χ1) is 18.0. The first-order valence-electron chi connectivity index (χ1n) is 12.0. The van der Waals surface area contributed by atoms with Crippen LogP contribution >= 0.6 is 7.75 Å². The van der Waals surface area contributed by atoms with E-state index < -0.39 is 43.2 Å². The number of anilines is 1. The van der Waals surface area contributed by atoms with Gasteiger partial charge in [-0.3, -0.25) is 19.1 Å². The average molecular weight is 547 g/mol. The summed E-state index contributed by atoms with van der Waals surface area (Å²) in [5.41, 5.74) is 6.23. The van der Waals surface area contributed by atoms with E-state index in [1.165, 1.54) is 13.3 Å². The van der Waals surface area contributed by atoms with Gasteiger partial charge in [-0.1, -0.05) is 24.8 Å². The molecule has 1 aliphatic carbocycles. The van der Waals surface area contributed by atoms with Gasteiger partial charge in [-0.05, 0) is 38.5 Å². The number of rotatable bonds is 11. The number of carbonyl (C=O) groups is 1. The molecule has 0 amide bonds. The van der Waals surface area contributed by atoms with E-state index in [-0.39, 0.29) is 42.2 Å². The number of hydrogen-bond donors (Lipinski definition) is 4. The van der Waals surface area contributed by atoms with Gasteiger partial charge in [0.25, 0.3) is 5.56 Å². The summed E-state index contributed by atoms with van der Waals surface area (Å²) >= 11 is 0. The number of nitrogens with one attached hydrogen (secondary N) is 2. The Bertz CT molecular complexity index is 1420. The number of nitrogen functional groups attached to an aromatic ring is 1. The number of fused-ring (bicyclic) bond motifs is 1. The second kappa shape index (κ2) is 11.1. The number of ether oxygens (including phenoxy) is 1. The van der Waals surface area contributed by atoms with Gasteiger partial charge in [0, 0.05) is 18.4 Å². The van der Waals surface area contributed by atoms with Crippen LogP contribution in [0.3, 0.4) is 0 Å². The van der Waals surface area contributed by atoms with E-state index in [0.717, 1.165) is 0 Å². The lowest BCUT2D eigenvalue weighted by Crippen LogP contribution is -2.45. The Hall–Kier alpha value is -3.51. The summed E-state index contributed by atoms with van der Waals surface area (Å²) in [6, 6.07) is 6.95. The van der Waals surface area contributed by atoms with Crippen molar-refractivity contribution < 1.29 is 28.3 Å². The average Bonchev–Trinajstić information content (AvgIpc) is 3.25. The van der Waals surface area contributed by atoms with Crippen LogP contribution < -0.4 is 20.9 Å². The number of nitrogens with two attached hydrogens (primary N) is 1. The normalized spacial score (nSPS) is 21.6. The number of aromatic amines is 1. The van der Waals surface area contributed by atoms with Crippen molar-refractivity contribution in [2.75, 3.05) is 18.9 Å². The molecule has 5 atom stereocenters. The van der Waals surface area contributed by atoms with Crippen LogP contribution in [-0.4, -0.2) is 56.0 Å². The van der Waals surface area contributed by atoms with Crippen LogP contribution in [-0.2, 0) is 18.6 Å². The van der Waals surface area contributed by atoms with E-state index in [0.29, 0.717) is 5.57 Å². The predicted molar refractivity (Wildman–Crippen MR) is 139 cm³/mol. The van der Waals surface area contributed by atoms with Gasteiger partial charge in [0.1, 0.15) is 11.8 Å². The molecule has 2 aromatic heterocycles. The molecule has 0 aliphatic heterocycles. The van der Waals surface area contributed by atoms with Crippen LogP contribution in [0.15, 0.2) is 53.6 Å². The van der Waals surface area contributed by atoms with Crippen LogP contribution in [0.5, 0.6) is 5.75 Å². The highest BCUT2D eigenvalue weighted by Crippen LogP contribution is 2.52. The number of esters is 1. The molecule has 1 saturated carbocycles. The summed E-state index contributed by atoms with van der Waals surface area (Å²) in [5.74, 6) is -1.25. The van der Waals surface area contributed by atoms with Crippen molar-refractivity contribution in [1.29, 1.82) is 0 Å². The molecule has 1 aliphatic rings. The highest BCUT2D eigenvalue weighted by molar-refractivity contribution is 7.52. The molecule has 13 nitrogen and oxygen atoms in total. The van der Waals surface area contributed by atoms with Crippen molar-refractivity contribution in [2.24, 2.45) is 11.8 Å². The zero-order chi connectivity index (χ0) is 27.6. The molecule has 2 unspecified atom stereocenters. The highest BCUT2D eigenvalue weighted by Gasteiger charge is 2.47. The fraction of sp³-hybridized carbons (Fsp3) is 0.417. The smallest absolute Gasteiger partial charge is 0.459 e. The van der Waals surface area contributed by atoms with Crippen LogP contribution in [0.2, 0.25) is 0 Å². The fourth-order valence-corrected chi connectivity index (χ4v) is 5.89. The molecule has 3 aromatic rings. The molecule has 38 heavy (non-hydrogen) atoms. The minimum absolute atomic E-state index is 0.0650. The van der Waals surface area contributed by atoms with E-state index in [4.69, 9.17) is 19.5 Å². The molecule has 0 radical (unpaired) electrons. The summed E-state index contributed by atoms with van der Waals surface area (Å²) < 4.78 is 32.0. The number of aliphatic hydroxyl groups is 1. The molecule has 0 bridgehead atoms. The Morgan fingerprint density at radius 3 is 2.68 bits per heavy atom. The van der Waals surface area contributed by atoms with Gasteiger partial charge in [-0.2, -0.15) is 10.1 Å². The molecule has 0 spiro atoms. The molecule has 4 rings (SSSR count). The molecule has 204 valence electrons. The number of carbonyl (C=O) groups excluding carboxylic acids is 1. The maximum atomic E-state index is 13.8. The first kappa shape index (κ1) is 27.5. The third-order valence-electron chi connectivity index (χ3n) is 6.19. The Balaban J connectivity index is 1.53. The molecule has 1 fully saturated rings. The van der Waals surface area contributed by atoms with E-state index in [2.05, 4.69) is 26.6 Å². The highest BCUT2D eigenvalue weighted by atomic mass is 31.2. The summed E-state index contributed by atoms with van der Waals surface area (Å²) in [6.45, 7) is 8.64. The molecule has 2 heterocycles. The van der Waals surface area contributed by atoms with Crippen molar-refractivity contribution in [3.05, 3.63) is 59.2 Å². The first-order valence-corrected chi connectivity index (χ1v) is 13.6. The van der Waals surface area contributed by atoms with Crippen LogP contribution in [0.25, 0.3) is 11.2 Å². The summed E-state index contributed by atoms with van der Waals surface area (Å²) in [5, 5.41) is 12.8. The zero-order valence-electron chi connectivity index (χ0n) is 21.2. The maximum absolute atomic E-state index is 13.8. The maximum Gasteiger partial charge on any atom is 0.459 e. The Morgan fingerprint density at radius 2 is 2.03 bits per heavy atom. The standard InChI is InChI=1S/C24H31N6O7P/c1-13(2)36-23(33)15(4)29-38(34,37-16-8-6-5-7-9-16)35-11-18-14(3)20(17(18)10-31)30-12-26-19-21(30)27-24(25)28-22(19)32/h5-9,12-13,15,17-18,20,31H,3,10-11H2,1-2,4H3,(H,29,34)(H3,25,27,28,32)/t15?,17-,18+,20-,38?/m1/s1. The Labute approximate surface area is 218 Å². The van der Waals surface area contributed by atoms with E-state index in [1.807, 2.05) is 0 Å². The molecule has 14 heteroatoms. The van der Waals surface area contributed by atoms with Crippen LogP contribution in [0, 0.1) is 11.8 Å². The van der Waals surface area contributed by atoms with Crippen molar-refractivity contribution in [3.63, 3.8) is 0 Å². The second-order valence-electron chi connectivity index (χ2n) is 9.28. The van der Waals surface area contributed by atoms with Crippen LogP contribution in [0.4, 0.5) is 5.95 Å². The van der Waals surface area contributed by atoms with E-state index >= 15 is 0 Å². The monoisotopic (exact) mass is 546 g/mol. The van der Waals surface area contributed by atoms with Gasteiger partial charge in [-0.25, -0.2) is 9.55 Å². The van der Waals surface area contributed by atoms with Crippen molar-refractivity contribution in [1.82, 2.24) is 24.6 Å². The number of aliphatic hydroxyl groups excluding tert-OH is 1. The molecular weight excluding hydrogens is 515 g/mol. The molecule has 1 aromatic carbocycles. The van der Waals surface area contributed by atoms with Crippen molar-refractivity contribution >= 4 is 30.8 Å². The van der Waals surface area contributed by atoms with Gasteiger partial charge in [-0.15, -0.1) is 0 Å². The van der Waals surface area contributed by atoms with Gasteiger partial charge >= 0.3 is 13.7 Å². The lowest BCUT2D eigenvalue weighted by Gasteiger charge is -2.46. The summed E-state index contributed by atoms with van der Waals surface area (Å²) in [7, 11) is -4.09. The minimum atomic E-state index is -4.09. The summed E-state index contributed by atoms with van der Waals surface area (Å²) in [4.78, 5) is 35.2. The quantitative estimate of drug-likeness (QED) is 0.157. The minimum Gasteiger partial charge on any atom is -0.462 e. The third-order valence-corrected chi connectivity index (χ3v) is 7.83. The SMILES string of the molecule is C=C1[C@@H](n2cnc3c(=O)[nH]c(N)nc32)[C@H](CO)[C@H]1COP(=O)(NC(C)C(=O)OC(C)C)Oc1ccccc1. The second-order valence-corrected chi connectivity index (χ2v) is 11.0. The van der Waals surface area contributed by atoms with Gasteiger partial charge in [0.05, 0.1) is 25.1 Å². The van der Waals surface area contributed by atoms with E-state index in [1.54, 1.807) is 48.7 Å². The number of para-hydroxylation sites is 1. The number of nitrogens with zero attached hydrogens (tertiary/aromatic N) is 3. The molecule has 0 saturated heterocycles. The largest absolute Gasteiger partial charge is 0.462 e. The van der Waals surface area contributed by atoms with E-state index in [9.17, 15) is 19.3 Å². The third kappa shape index (κ3) is 5.65. The van der Waals surface area contributed by atoms with Crippen LogP contribution in [0.1, 0.15) is 26.8 Å². The van der Waals surface area contributed by atoms with Crippen molar-refractivity contribution in [2.45, 2.75) is 39.0 Å². The lowest BCUT2D eigenvalue weighted by molar-refractivity contribution is -0.149. The number of benzene rings is 1. The number of aromatic nitrogens is 4. The zero-order valence-corrected chi connectivity index (χ0v) is 22.1.